The zero-order chi connectivity index (χ0) is 17.6. The van der Waals surface area contributed by atoms with Gasteiger partial charge in [-0.05, 0) is 56.3 Å². The van der Waals surface area contributed by atoms with Gasteiger partial charge in [0.15, 0.2) is 6.61 Å². The lowest BCUT2D eigenvalue weighted by atomic mass is 9.44. The molecule has 9 heteroatoms. The van der Waals surface area contributed by atoms with Crippen LogP contribution in [0.2, 0.25) is 0 Å². The number of hydrogen-bond donors (Lipinski definition) is 1. The molecule has 2 atom stereocenters. The monoisotopic (exact) mass is 367 g/mol. The molecule has 0 aromatic carbocycles. The summed E-state index contributed by atoms with van der Waals surface area (Å²) in [6.45, 7) is 0.767. The molecule has 0 spiro atoms. The Hall–Kier alpha value is -0.480. The Labute approximate surface area is 142 Å². The summed E-state index contributed by atoms with van der Waals surface area (Å²) in [5, 5.41) is 19.9. The van der Waals surface area contributed by atoms with E-state index < -0.39 is 40.9 Å². The molecule has 0 amide bonds. The molecule has 0 aromatic heterocycles. The van der Waals surface area contributed by atoms with Crippen molar-refractivity contribution in [3.63, 3.8) is 0 Å². The number of alkyl halides is 2. The maximum atomic E-state index is 13.4. The van der Waals surface area contributed by atoms with Crippen LogP contribution in [0.15, 0.2) is 0 Å². The molecular weight excluding hydrogens is 346 g/mol. The Kier molecular flexibility index (Phi) is 4.85. The van der Waals surface area contributed by atoms with Crippen molar-refractivity contribution in [1.82, 2.24) is 0 Å². The predicted molar refractivity (Wildman–Crippen MR) is 76.9 cm³/mol. The molecule has 0 aliphatic heterocycles. The number of carbonyl (C=O) groups is 1. The molecule has 6 nitrogen and oxygen atoms in total. The molecule has 4 aliphatic carbocycles. The van der Waals surface area contributed by atoms with Crippen LogP contribution < -0.4 is 5.26 Å². The van der Waals surface area contributed by atoms with Crippen molar-refractivity contribution in [2.24, 2.45) is 23.2 Å². The van der Waals surface area contributed by atoms with E-state index in [0.29, 0.717) is 31.6 Å². The first-order chi connectivity index (χ1) is 11.2. The number of hydrogen-bond acceptors (Lipinski definition) is 7. The van der Waals surface area contributed by atoms with Crippen LogP contribution in [0, 0.1) is 23.2 Å². The van der Waals surface area contributed by atoms with E-state index in [-0.39, 0.29) is 11.8 Å². The zero-order valence-electron chi connectivity index (χ0n) is 13.3. The van der Waals surface area contributed by atoms with Crippen LogP contribution in [0.4, 0.5) is 8.78 Å². The average molecular weight is 367 g/mol. The van der Waals surface area contributed by atoms with Crippen molar-refractivity contribution in [2.45, 2.75) is 56.3 Å². The van der Waals surface area contributed by atoms with Crippen LogP contribution >= 0.6 is 12.0 Å². The Morgan fingerprint density at radius 2 is 1.96 bits per heavy atom. The molecule has 0 saturated heterocycles. The Balaban J connectivity index is 1.66. The minimum atomic E-state index is -3.56. The van der Waals surface area contributed by atoms with E-state index in [2.05, 4.69) is 9.37 Å². The van der Waals surface area contributed by atoms with Gasteiger partial charge < -0.3 is 15.1 Å². The lowest BCUT2D eigenvalue weighted by Crippen LogP contribution is -2.62. The second-order valence-corrected chi connectivity index (χ2v) is 8.30. The maximum absolute atomic E-state index is 13.4. The van der Waals surface area contributed by atoms with Crippen molar-refractivity contribution in [2.75, 3.05) is 6.61 Å². The molecule has 24 heavy (non-hydrogen) atoms. The minimum absolute atomic E-state index is 0.0216. The van der Waals surface area contributed by atoms with Crippen LogP contribution in [-0.4, -0.2) is 28.5 Å². The quantitative estimate of drug-likeness (QED) is 0.318. The van der Waals surface area contributed by atoms with E-state index in [1.54, 1.807) is 0 Å². The fourth-order valence-electron chi connectivity index (χ4n) is 5.29. The lowest BCUT2D eigenvalue weighted by molar-refractivity contribution is -0.777. The van der Waals surface area contributed by atoms with Gasteiger partial charge in [0.25, 0.3) is 0 Å². The molecule has 138 valence electrons. The van der Waals surface area contributed by atoms with E-state index in [4.69, 9.17) is 4.74 Å². The highest BCUT2D eigenvalue weighted by molar-refractivity contribution is 7.95. The zero-order valence-corrected chi connectivity index (χ0v) is 14.2. The molecule has 0 heterocycles. The van der Waals surface area contributed by atoms with Gasteiger partial charge in [0.2, 0.25) is 0 Å². The van der Waals surface area contributed by atoms with Gasteiger partial charge in [-0.1, -0.05) is 6.92 Å². The van der Waals surface area contributed by atoms with Crippen molar-refractivity contribution >= 4 is 18.0 Å². The minimum Gasteiger partial charge on any atom is -0.691 e. The van der Waals surface area contributed by atoms with E-state index in [1.807, 2.05) is 6.92 Å². The smallest absolute Gasteiger partial charge is 0.354 e. The molecule has 2 unspecified atom stereocenters. The third-order valence-electron chi connectivity index (χ3n) is 6.16. The summed E-state index contributed by atoms with van der Waals surface area (Å²) in [6, 6.07) is 0. The molecule has 4 aliphatic rings. The first-order valence-electron chi connectivity index (χ1n) is 8.16. The first kappa shape index (κ1) is 18.3. The molecule has 4 rings (SSSR count). The third-order valence-corrected chi connectivity index (χ3v) is 6.64. The van der Waals surface area contributed by atoms with Crippen LogP contribution in [0.5, 0.6) is 0 Å². The van der Waals surface area contributed by atoms with Crippen molar-refractivity contribution in [1.29, 1.82) is 0 Å². The second kappa shape index (κ2) is 6.35. The summed E-state index contributed by atoms with van der Waals surface area (Å²) in [7, 11) is 0. The first-order valence-corrected chi connectivity index (χ1v) is 8.90. The number of aliphatic hydroxyl groups is 1. The topological polar surface area (TPSA) is 88.1 Å². The normalized spacial score (nSPS) is 40.8. The van der Waals surface area contributed by atoms with Gasteiger partial charge in [-0.2, -0.15) is 13.1 Å². The van der Waals surface area contributed by atoms with E-state index in [0.717, 1.165) is 12.8 Å². The summed E-state index contributed by atoms with van der Waals surface area (Å²) >= 11 is -0.484. The summed E-state index contributed by atoms with van der Waals surface area (Å²) in [5.74, 6) is -0.251. The molecule has 1 N–H and O–H groups in total. The Morgan fingerprint density at radius 3 is 2.50 bits per heavy atom. The van der Waals surface area contributed by atoms with Gasteiger partial charge in [0.1, 0.15) is 12.0 Å². The summed E-state index contributed by atoms with van der Waals surface area (Å²) in [6.07, 6.45) is 4.02. The fraction of sp³-hybridized carbons (Fsp3) is 0.933. The van der Waals surface area contributed by atoms with Crippen LogP contribution in [0.25, 0.3) is 0 Å². The Morgan fingerprint density at radius 1 is 1.33 bits per heavy atom. The third kappa shape index (κ3) is 3.05. The van der Waals surface area contributed by atoms with Crippen LogP contribution in [0.3, 0.4) is 0 Å². The highest BCUT2D eigenvalue weighted by atomic mass is 32.2. The van der Waals surface area contributed by atoms with E-state index in [1.165, 1.54) is 0 Å². The average Bonchev–Trinajstić information content (AvgIpc) is 2.55. The molecule has 4 saturated carbocycles. The van der Waals surface area contributed by atoms with Gasteiger partial charge >= 0.3 is 11.2 Å². The number of rotatable bonds is 7. The van der Waals surface area contributed by atoms with Gasteiger partial charge in [-0.25, -0.2) is 0 Å². The number of halogens is 2. The highest BCUT2D eigenvalue weighted by Crippen LogP contribution is 2.64. The number of ether oxygens (including phenoxy) is 1. The number of esters is 1. The molecule has 4 bridgehead atoms. The second-order valence-electron chi connectivity index (χ2n) is 7.40. The molecule has 4 fully saturated rings. The maximum Gasteiger partial charge on any atom is 0.354 e. The highest BCUT2D eigenvalue weighted by Gasteiger charge is 2.64. The Bertz CT molecular complexity index is 486. The van der Waals surface area contributed by atoms with Crippen LogP contribution in [-0.2, 0) is 18.9 Å². The van der Waals surface area contributed by atoms with Gasteiger partial charge in [0, 0.05) is 0 Å². The molecule has 0 aromatic rings. The van der Waals surface area contributed by atoms with Crippen molar-refractivity contribution < 1.29 is 38.0 Å². The summed E-state index contributed by atoms with van der Waals surface area (Å²) in [4.78, 5) is 12.5. The van der Waals surface area contributed by atoms with Crippen molar-refractivity contribution in [3.8, 4) is 0 Å². The van der Waals surface area contributed by atoms with Crippen LogP contribution in [0.1, 0.15) is 45.4 Å². The number of carbonyl (C=O) groups excluding carboxylic acids is 1. The van der Waals surface area contributed by atoms with Gasteiger partial charge in [0.05, 0.1) is 11.0 Å². The fourth-order valence-corrected chi connectivity index (χ4v) is 5.53. The molecule has 0 radical (unpaired) electrons. The van der Waals surface area contributed by atoms with E-state index >= 15 is 0 Å². The van der Waals surface area contributed by atoms with Crippen molar-refractivity contribution in [3.05, 3.63) is 0 Å². The lowest BCUT2D eigenvalue weighted by Gasteiger charge is -2.62. The van der Waals surface area contributed by atoms with Gasteiger partial charge in [-0.3, -0.25) is 9.83 Å². The SMILES string of the molecule is CCC1(O)C2CC3CC1CC(C(=O)OCC(F)(F)SOO[O-])(C3)C2. The van der Waals surface area contributed by atoms with Gasteiger partial charge in [-0.15, -0.1) is 0 Å². The summed E-state index contributed by atoms with van der Waals surface area (Å²) < 4.78 is 35.3. The molecular formula is C15H21F2O6S-. The largest absolute Gasteiger partial charge is 0.691 e. The van der Waals surface area contributed by atoms with E-state index in [9.17, 15) is 23.9 Å². The standard InChI is InChI=1S/C15H22F2O6S/c1-2-14(19)10-3-9-4-11(14)7-13(5-9,6-10)12(18)21-8-15(16,17)24-23-22-20/h9-11,19-20H,2-8H2,1H3/p-1. The predicted octanol–water partition coefficient (Wildman–Crippen LogP) is 1.96. The summed E-state index contributed by atoms with van der Waals surface area (Å²) in [5.41, 5.74) is -1.52.